The SMILES string of the molecule is CCN(CC)C(=O)COC(=O)c1ccc(NC2CC2)c([N+](=O)[O-])c1. The van der Waals surface area contributed by atoms with Crippen molar-refractivity contribution in [1.82, 2.24) is 4.90 Å². The van der Waals surface area contributed by atoms with Crippen molar-refractivity contribution in [2.24, 2.45) is 0 Å². The summed E-state index contributed by atoms with van der Waals surface area (Å²) in [6, 6.07) is 4.39. The summed E-state index contributed by atoms with van der Waals surface area (Å²) in [7, 11) is 0. The molecule has 2 rings (SSSR count). The molecule has 0 radical (unpaired) electrons. The van der Waals surface area contributed by atoms with Crippen LogP contribution in [0.25, 0.3) is 0 Å². The highest BCUT2D eigenvalue weighted by molar-refractivity contribution is 5.93. The van der Waals surface area contributed by atoms with Gasteiger partial charge >= 0.3 is 5.97 Å². The van der Waals surface area contributed by atoms with Crippen molar-refractivity contribution in [3.05, 3.63) is 33.9 Å². The van der Waals surface area contributed by atoms with Crippen LogP contribution in [0.15, 0.2) is 18.2 Å². The third kappa shape index (κ3) is 4.43. The molecule has 0 atom stereocenters. The molecule has 1 aromatic rings. The number of hydrogen-bond acceptors (Lipinski definition) is 6. The highest BCUT2D eigenvalue weighted by Crippen LogP contribution is 2.31. The molecule has 0 unspecified atom stereocenters. The zero-order chi connectivity index (χ0) is 17.7. The lowest BCUT2D eigenvalue weighted by atomic mass is 10.1. The van der Waals surface area contributed by atoms with E-state index in [1.165, 1.54) is 18.2 Å². The molecule has 1 aromatic carbocycles. The van der Waals surface area contributed by atoms with E-state index in [0.717, 1.165) is 12.8 Å². The molecular weight excluding hydrogens is 314 g/mol. The first kappa shape index (κ1) is 17.7. The van der Waals surface area contributed by atoms with E-state index in [9.17, 15) is 19.7 Å². The Bertz CT molecular complexity index is 639. The first-order valence-corrected chi connectivity index (χ1v) is 7.96. The van der Waals surface area contributed by atoms with Gasteiger partial charge in [-0.25, -0.2) is 4.79 Å². The van der Waals surface area contributed by atoms with Gasteiger partial charge in [-0.1, -0.05) is 0 Å². The number of anilines is 1. The minimum Gasteiger partial charge on any atom is -0.452 e. The number of carbonyl (C=O) groups is 2. The zero-order valence-electron chi connectivity index (χ0n) is 13.8. The lowest BCUT2D eigenvalue weighted by Gasteiger charge is -2.18. The number of rotatable bonds is 8. The third-order valence-corrected chi connectivity index (χ3v) is 3.81. The first-order valence-electron chi connectivity index (χ1n) is 7.96. The van der Waals surface area contributed by atoms with Crippen LogP contribution in [0.4, 0.5) is 11.4 Å². The van der Waals surface area contributed by atoms with Gasteiger partial charge in [-0.2, -0.15) is 0 Å². The van der Waals surface area contributed by atoms with Crippen LogP contribution in [0.5, 0.6) is 0 Å². The van der Waals surface area contributed by atoms with Gasteiger partial charge in [0.25, 0.3) is 11.6 Å². The Kier molecular flexibility index (Phi) is 5.73. The maximum Gasteiger partial charge on any atom is 0.338 e. The average molecular weight is 335 g/mol. The molecule has 0 bridgehead atoms. The molecule has 0 heterocycles. The third-order valence-electron chi connectivity index (χ3n) is 3.81. The number of nitrogens with one attached hydrogen (secondary N) is 1. The predicted molar refractivity (Wildman–Crippen MR) is 88.0 cm³/mol. The number of hydrogen-bond donors (Lipinski definition) is 1. The summed E-state index contributed by atoms with van der Waals surface area (Å²) >= 11 is 0. The van der Waals surface area contributed by atoms with Gasteiger partial charge in [0.1, 0.15) is 5.69 Å². The number of likely N-dealkylation sites (N-methyl/N-ethyl adjacent to an activating group) is 1. The molecule has 1 aliphatic carbocycles. The number of carbonyl (C=O) groups excluding carboxylic acids is 2. The van der Waals surface area contributed by atoms with Crippen LogP contribution in [0.1, 0.15) is 37.0 Å². The summed E-state index contributed by atoms with van der Waals surface area (Å²) in [5.74, 6) is -1.05. The summed E-state index contributed by atoms with van der Waals surface area (Å²) in [6.45, 7) is 4.34. The molecule has 1 amide bonds. The summed E-state index contributed by atoms with van der Waals surface area (Å²) in [6.07, 6.45) is 1.96. The highest BCUT2D eigenvalue weighted by Gasteiger charge is 2.26. The lowest BCUT2D eigenvalue weighted by Crippen LogP contribution is -2.34. The van der Waals surface area contributed by atoms with Gasteiger partial charge in [0.2, 0.25) is 0 Å². The van der Waals surface area contributed by atoms with Crippen LogP contribution >= 0.6 is 0 Å². The van der Waals surface area contributed by atoms with Crippen molar-refractivity contribution < 1.29 is 19.2 Å². The van der Waals surface area contributed by atoms with Gasteiger partial charge in [0.05, 0.1) is 10.5 Å². The molecular formula is C16H21N3O5. The Morgan fingerprint density at radius 2 is 2.00 bits per heavy atom. The van der Waals surface area contributed by atoms with Crippen molar-refractivity contribution in [2.45, 2.75) is 32.7 Å². The zero-order valence-corrected chi connectivity index (χ0v) is 13.8. The van der Waals surface area contributed by atoms with E-state index < -0.39 is 10.9 Å². The standard InChI is InChI=1S/C16H21N3O5/c1-3-18(4-2)15(20)10-24-16(21)11-5-8-13(17-12-6-7-12)14(9-11)19(22)23/h5,8-9,12,17H,3-4,6-7,10H2,1-2H3. The second-order valence-corrected chi connectivity index (χ2v) is 5.55. The van der Waals surface area contributed by atoms with Crippen molar-refractivity contribution in [1.29, 1.82) is 0 Å². The summed E-state index contributed by atoms with van der Waals surface area (Å²) in [4.78, 5) is 36.0. The molecule has 24 heavy (non-hydrogen) atoms. The van der Waals surface area contributed by atoms with Crippen LogP contribution in [0.3, 0.4) is 0 Å². The Balaban J connectivity index is 2.04. The fraction of sp³-hybridized carbons (Fsp3) is 0.500. The Morgan fingerprint density at radius 1 is 1.33 bits per heavy atom. The van der Waals surface area contributed by atoms with E-state index in [4.69, 9.17) is 4.74 Å². The van der Waals surface area contributed by atoms with Gasteiger partial charge in [0.15, 0.2) is 6.61 Å². The molecule has 130 valence electrons. The van der Waals surface area contributed by atoms with Crippen LogP contribution in [0.2, 0.25) is 0 Å². The van der Waals surface area contributed by atoms with Crippen LogP contribution in [-0.2, 0) is 9.53 Å². The second kappa shape index (κ2) is 7.76. The largest absolute Gasteiger partial charge is 0.452 e. The fourth-order valence-electron chi connectivity index (χ4n) is 2.26. The van der Waals surface area contributed by atoms with Crippen molar-refractivity contribution in [2.75, 3.05) is 25.0 Å². The minimum atomic E-state index is -0.753. The number of nitro groups is 1. The molecule has 8 heteroatoms. The molecule has 1 aliphatic rings. The van der Waals surface area contributed by atoms with E-state index in [2.05, 4.69) is 5.32 Å². The van der Waals surface area contributed by atoms with Gasteiger partial charge in [-0.15, -0.1) is 0 Å². The maximum absolute atomic E-state index is 12.0. The van der Waals surface area contributed by atoms with E-state index in [1.807, 2.05) is 13.8 Å². The molecule has 1 saturated carbocycles. The van der Waals surface area contributed by atoms with Crippen LogP contribution in [0, 0.1) is 10.1 Å². The van der Waals surface area contributed by atoms with Crippen molar-refractivity contribution in [3.8, 4) is 0 Å². The van der Waals surface area contributed by atoms with E-state index in [0.29, 0.717) is 18.8 Å². The van der Waals surface area contributed by atoms with Crippen LogP contribution in [-0.4, -0.2) is 47.4 Å². The van der Waals surface area contributed by atoms with Gasteiger partial charge in [0, 0.05) is 25.2 Å². The van der Waals surface area contributed by atoms with E-state index >= 15 is 0 Å². The maximum atomic E-state index is 12.0. The van der Waals surface area contributed by atoms with Gasteiger partial charge in [-0.05, 0) is 38.8 Å². The summed E-state index contributed by atoms with van der Waals surface area (Å²) in [5.41, 5.74) is 0.264. The van der Waals surface area contributed by atoms with Gasteiger partial charge in [-0.3, -0.25) is 14.9 Å². The number of benzene rings is 1. The van der Waals surface area contributed by atoms with Gasteiger partial charge < -0.3 is 15.0 Å². The minimum absolute atomic E-state index is 0.0513. The number of nitro benzene ring substituents is 1. The summed E-state index contributed by atoms with van der Waals surface area (Å²) < 4.78 is 4.97. The normalized spacial score (nSPS) is 13.2. The predicted octanol–water partition coefficient (Wildman–Crippen LogP) is 2.19. The Morgan fingerprint density at radius 3 is 2.54 bits per heavy atom. The van der Waals surface area contributed by atoms with Crippen LogP contribution < -0.4 is 5.32 Å². The number of nitrogens with zero attached hydrogens (tertiary/aromatic N) is 2. The average Bonchev–Trinajstić information content (AvgIpc) is 3.37. The van der Waals surface area contributed by atoms with E-state index in [-0.39, 0.29) is 29.8 Å². The summed E-state index contributed by atoms with van der Waals surface area (Å²) in [5, 5.41) is 14.2. The molecule has 0 saturated heterocycles. The van der Waals surface area contributed by atoms with Crippen molar-refractivity contribution >= 4 is 23.3 Å². The molecule has 0 spiro atoms. The first-order chi connectivity index (χ1) is 11.5. The van der Waals surface area contributed by atoms with Crippen molar-refractivity contribution in [3.63, 3.8) is 0 Å². The molecule has 0 aliphatic heterocycles. The number of amides is 1. The quantitative estimate of drug-likeness (QED) is 0.444. The lowest BCUT2D eigenvalue weighted by molar-refractivity contribution is -0.384. The smallest absolute Gasteiger partial charge is 0.338 e. The Labute approximate surface area is 139 Å². The monoisotopic (exact) mass is 335 g/mol. The number of ether oxygens (including phenoxy) is 1. The molecule has 1 N–H and O–H groups in total. The molecule has 8 nitrogen and oxygen atoms in total. The van der Waals surface area contributed by atoms with E-state index in [1.54, 1.807) is 4.90 Å². The highest BCUT2D eigenvalue weighted by atomic mass is 16.6. The number of esters is 1. The Hall–Kier alpha value is -2.64. The molecule has 0 aromatic heterocycles. The fourth-order valence-corrected chi connectivity index (χ4v) is 2.26. The second-order valence-electron chi connectivity index (χ2n) is 5.55. The molecule has 1 fully saturated rings. The topological polar surface area (TPSA) is 102 Å².